The third-order valence-electron chi connectivity index (χ3n) is 3.74. The molecule has 0 unspecified atom stereocenters. The standard InChI is InChI=1S/C17H20F3N3O2/c1-10(16(2,3)24)23-14-8-12(5-6-13(14)21)25-15-7-4-11(9-22-15)17(18,19)20/h4-10,23-24H,21H2,1-3H3/t10-/m0/s1. The van der Waals surface area contributed by atoms with Crippen LogP contribution in [-0.4, -0.2) is 21.7 Å². The molecule has 2 aromatic rings. The van der Waals surface area contributed by atoms with Gasteiger partial charge in [-0.3, -0.25) is 0 Å². The maximum absolute atomic E-state index is 12.5. The minimum Gasteiger partial charge on any atom is -0.439 e. The molecule has 0 amide bonds. The molecule has 2 rings (SSSR count). The molecule has 0 saturated carbocycles. The van der Waals surface area contributed by atoms with Gasteiger partial charge in [-0.25, -0.2) is 4.98 Å². The van der Waals surface area contributed by atoms with E-state index in [-0.39, 0.29) is 11.9 Å². The number of nitrogens with two attached hydrogens (primary N) is 1. The van der Waals surface area contributed by atoms with Gasteiger partial charge in [0.25, 0.3) is 0 Å². The van der Waals surface area contributed by atoms with Crippen LogP contribution < -0.4 is 15.8 Å². The van der Waals surface area contributed by atoms with Crippen molar-refractivity contribution < 1.29 is 23.0 Å². The predicted octanol–water partition coefficient (Wildman–Crippen LogP) is 4.05. The van der Waals surface area contributed by atoms with E-state index in [1.807, 2.05) is 0 Å². The van der Waals surface area contributed by atoms with Gasteiger partial charge < -0.3 is 20.9 Å². The Balaban J connectivity index is 2.17. The zero-order valence-corrected chi connectivity index (χ0v) is 14.1. The number of anilines is 2. The summed E-state index contributed by atoms with van der Waals surface area (Å²) in [4.78, 5) is 3.66. The van der Waals surface area contributed by atoms with Crippen LogP contribution in [-0.2, 0) is 6.18 Å². The van der Waals surface area contributed by atoms with E-state index in [1.165, 1.54) is 0 Å². The Morgan fingerprint density at radius 1 is 1.20 bits per heavy atom. The first-order valence-corrected chi connectivity index (χ1v) is 7.56. The minimum absolute atomic E-state index is 0.0271. The molecular formula is C17H20F3N3O2. The van der Waals surface area contributed by atoms with Crippen LogP contribution in [0.4, 0.5) is 24.5 Å². The Bertz CT molecular complexity index is 725. The number of benzene rings is 1. The summed E-state index contributed by atoms with van der Waals surface area (Å²) < 4.78 is 43.1. The van der Waals surface area contributed by atoms with Crippen molar-refractivity contribution in [2.45, 2.75) is 38.6 Å². The van der Waals surface area contributed by atoms with Crippen LogP contribution in [0.1, 0.15) is 26.3 Å². The molecule has 1 atom stereocenters. The number of nitrogens with zero attached hydrogens (tertiary/aromatic N) is 1. The van der Waals surface area contributed by atoms with Crippen LogP contribution in [0, 0.1) is 0 Å². The van der Waals surface area contributed by atoms with Crippen LogP contribution in [0.5, 0.6) is 11.6 Å². The number of hydrogen-bond donors (Lipinski definition) is 3. The topological polar surface area (TPSA) is 80.4 Å². The van der Waals surface area contributed by atoms with Gasteiger partial charge in [0.1, 0.15) is 5.75 Å². The van der Waals surface area contributed by atoms with Crippen molar-refractivity contribution in [1.82, 2.24) is 4.98 Å². The number of nitrogens with one attached hydrogen (secondary N) is 1. The van der Waals surface area contributed by atoms with Gasteiger partial charge in [-0.05, 0) is 39.0 Å². The fourth-order valence-corrected chi connectivity index (χ4v) is 1.86. The summed E-state index contributed by atoms with van der Waals surface area (Å²) in [7, 11) is 0. The van der Waals surface area contributed by atoms with E-state index in [0.29, 0.717) is 23.3 Å². The highest BCUT2D eigenvalue weighted by molar-refractivity contribution is 5.68. The number of ether oxygens (including phenoxy) is 1. The first-order chi connectivity index (χ1) is 11.5. The SMILES string of the molecule is C[C@H](Nc1cc(Oc2ccc(C(F)(F)F)cn2)ccc1N)C(C)(C)O. The monoisotopic (exact) mass is 355 g/mol. The summed E-state index contributed by atoms with van der Waals surface area (Å²) in [6.07, 6.45) is -3.74. The number of nitrogen functional groups attached to an aromatic ring is 1. The fourth-order valence-electron chi connectivity index (χ4n) is 1.86. The normalized spacial score (nSPS) is 13.4. The third kappa shape index (κ3) is 4.99. The lowest BCUT2D eigenvalue weighted by atomic mass is 10.0. The molecule has 0 aliphatic carbocycles. The molecule has 1 aromatic carbocycles. The summed E-state index contributed by atoms with van der Waals surface area (Å²) in [6.45, 7) is 5.12. The van der Waals surface area contributed by atoms with Crippen molar-refractivity contribution in [2.75, 3.05) is 11.1 Å². The van der Waals surface area contributed by atoms with Crippen molar-refractivity contribution in [3.05, 3.63) is 42.1 Å². The lowest BCUT2D eigenvalue weighted by Crippen LogP contribution is -2.39. The van der Waals surface area contributed by atoms with Gasteiger partial charge in [0, 0.05) is 18.3 Å². The van der Waals surface area contributed by atoms with Crippen LogP contribution in [0.3, 0.4) is 0 Å². The second-order valence-corrected chi connectivity index (χ2v) is 6.25. The lowest BCUT2D eigenvalue weighted by Gasteiger charge is -2.28. The maximum Gasteiger partial charge on any atom is 0.417 e. The van der Waals surface area contributed by atoms with Crippen LogP contribution in [0.15, 0.2) is 36.5 Å². The van der Waals surface area contributed by atoms with E-state index in [1.54, 1.807) is 39.0 Å². The third-order valence-corrected chi connectivity index (χ3v) is 3.74. The van der Waals surface area contributed by atoms with E-state index < -0.39 is 17.3 Å². The molecule has 8 heteroatoms. The zero-order valence-electron chi connectivity index (χ0n) is 14.1. The quantitative estimate of drug-likeness (QED) is 0.705. The predicted molar refractivity (Wildman–Crippen MR) is 89.5 cm³/mol. The van der Waals surface area contributed by atoms with E-state index in [9.17, 15) is 18.3 Å². The number of aliphatic hydroxyl groups is 1. The highest BCUT2D eigenvalue weighted by Crippen LogP contribution is 2.32. The van der Waals surface area contributed by atoms with Crippen molar-refractivity contribution in [2.24, 2.45) is 0 Å². The van der Waals surface area contributed by atoms with Gasteiger partial charge in [0.2, 0.25) is 5.88 Å². The number of rotatable bonds is 5. The summed E-state index contributed by atoms with van der Waals surface area (Å²) in [5.41, 5.74) is 5.07. The zero-order chi connectivity index (χ0) is 18.8. The first-order valence-electron chi connectivity index (χ1n) is 7.56. The van der Waals surface area contributed by atoms with Gasteiger partial charge in [-0.15, -0.1) is 0 Å². The maximum atomic E-state index is 12.5. The molecule has 136 valence electrons. The Labute approximate surface area is 143 Å². The van der Waals surface area contributed by atoms with Crippen molar-refractivity contribution in [1.29, 1.82) is 0 Å². The van der Waals surface area contributed by atoms with E-state index >= 15 is 0 Å². The number of halogens is 3. The molecule has 0 spiro atoms. The molecule has 0 bridgehead atoms. The molecule has 0 aliphatic rings. The van der Waals surface area contributed by atoms with Crippen molar-refractivity contribution >= 4 is 11.4 Å². The van der Waals surface area contributed by atoms with E-state index in [0.717, 1.165) is 12.1 Å². The number of alkyl halides is 3. The summed E-state index contributed by atoms with van der Waals surface area (Å²) in [5, 5.41) is 13.1. The van der Waals surface area contributed by atoms with Gasteiger partial charge in [-0.1, -0.05) is 0 Å². The van der Waals surface area contributed by atoms with Crippen LogP contribution >= 0.6 is 0 Å². The molecule has 1 aromatic heterocycles. The number of aromatic nitrogens is 1. The largest absolute Gasteiger partial charge is 0.439 e. The number of hydrogen-bond acceptors (Lipinski definition) is 5. The molecule has 0 radical (unpaired) electrons. The molecule has 0 aliphatic heterocycles. The van der Waals surface area contributed by atoms with Crippen molar-refractivity contribution in [3.63, 3.8) is 0 Å². The average molecular weight is 355 g/mol. The van der Waals surface area contributed by atoms with Crippen molar-refractivity contribution in [3.8, 4) is 11.6 Å². The minimum atomic E-state index is -4.45. The Kier molecular flexibility index (Phi) is 5.12. The molecular weight excluding hydrogens is 335 g/mol. The summed E-state index contributed by atoms with van der Waals surface area (Å²) in [5.74, 6) is 0.381. The molecule has 0 fully saturated rings. The van der Waals surface area contributed by atoms with Gasteiger partial charge in [0.05, 0.1) is 28.6 Å². The molecule has 1 heterocycles. The Morgan fingerprint density at radius 2 is 1.88 bits per heavy atom. The smallest absolute Gasteiger partial charge is 0.417 e. The second kappa shape index (κ2) is 6.79. The Hall–Kier alpha value is -2.48. The molecule has 5 nitrogen and oxygen atoms in total. The van der Waals surface area contributed by atoms with Crippen LogP contribution in [0.25, 0.3) is 0 Å². The average Bonchev–Trinajstić information content (AvgIpc) is 2.49. The molecule has 0 saturated heterocycles. The molecule has 25 heavy (non-hydrogen) atoms. The van der Waals surface area contributed by atoms with Gasteiger partial charge >= 0.3 is 6.18 Å². The summed E-state index contributed by atoms with van der Waals surface area (Å²) in [6, 6.07) is 6.51. The van der Waals surface area contributed by atoms with Crippen LogP contribution in [0.2, 0.25) is 0 Å². The first kappa shape index (κ1) is 18.9. The Morgan fingerprint density at radius 3 is 2.40 bits per heavy atom. The van der Waals surface area contributed by atoms with Gasteiger partial charge in [-0.2, -0.15) is 13.2 Å². The lowest BCUT2D eigenvalue weighted by molar-refractivity contribution is -0.137. The summed E-state index contributed by atoms with van der Waals surface area (Å²) >= 11 is 0. The van der Waals surface area contributed by atoms with E-state index in [2.05, 4.69) is 10.3 Å². The highest BCUT2D eigenvalue weighted by Gasteiger charge is 2.30. The fraction of sp³-hybridized carbons (Fsp3) is 0.353. The second-order valence-electron chi connectivity index (χ2n) is 6.25. The highest BCUT2D eigenvalue weighted by atomic mass is 19.4. The van der Waals surface area contributed by atoms with E-state index in [4.69, 9.17) is 10.5 Å². The molecule has 4 N–H and O–H groups in total. The number of pyridine rings is 1. The van der Waals surface area contributed by atoms with Gasteiger partial charge in [0.15, 0.2) is 0 Å².